The number of rotatable bonds is 8. The van der Waals surface area contributed by atoms with Crippen molar-refractivity contribution in [1.29, 1.82) is 0 Å². The molecule has 2 amide bonds. The molecule has 0 saturated carbocycles. The van der Waals surface area contributed by atoms with Crippen molar-refractivity contribution in [2.75, 3.05) is 22.1 Å². The summed E-state index contributed by atoms with van der Waals surface area (Å²) in [7, 11) is 0. The molecule has 2 aromatic heterocycles. The van der Waals surface area contributed by atoms with Crippen LogP contribution in [0.3, 0.4) is 0 Å². The number of aromatic nitrogens is 2. The highest BCUT2D eigenvalue weighted by atomic mass is 32.2. The van der Waals surface area contributed by atoms with Crippen molar-refractivity contribution in [2.45, 2.75) is 9.37 Å². The number of halogens is 1. The van der Waals surface area contributed by atoms with Crippen LogP contribution in [0.25, 0.3) is 10.2 Å². The zero-order chi connectivity index (χ0) is 22.3. The molecule has 0 saturated heterocycles. The second-order valence-electron chi connectivity index (χ2n) is 6.51. The Kier molecular flexibility index (Phi) is 7.35. The fraction of sp³-hybridized carbons (Fsp3) is 0.0909. The highest BCUT2D eigenvalue weighted by molar-refractivity contribution is 8.01. The fourth-order valence-corrected chi connectivity index (χ4v) is 5.24. The Labute approximate surface area is 196 Å². The van der Waals surface area contributed by atoms with Crippen molar-refractivity contribution >= 4 is 68.3 Å². The van der Waals surface area contributed by atoms with Crippen LogP contribution in [-0.2, 0) is 9.59 Å². The summed E-state index contributed by atoms with van der Waals surface area (Å²) in [5, 5.41) is 6.41. The number of hydrogen-bond acceptors (Lipinski definition) is 7. The summed E-state index contributed by atoms with van der Waals surface area (Å²) in [5.74, 6) is -0.210. The fourth-order valence-electron chi connectivity index (χ4n) is 2.67. The molecule has 2 N–H and O–H groups in total. The highest BCUT2D eigenvalue weighted by Gasteiger charge is 2.10. The molecular weight excluding hydrogens is 467 g/mol. The summed E-state index contributed by atoms with van der Waals surface area (Å²) >= 11 is 4.15. The molecular formula is C22H17FN4O2S3. The lowest BCUT2D eigenvalue weighted by atomic mass is 10.3. The molecule has 6 nitrogen and oxygen atoms in total. The molecule has 2 aromatic carbocycles. The van der Waals surface area contributed by atoms with Crippen molar-refractivity contribution in [3.8, 4) is 0 Å². The Bertz CT molecular complexity index is 1230. The van der Waals surface area contributed by atoms with Gasteiger partial charge in [0.25, 0.3) is 0 Å². The van der Waals surface area contributed by atoms with Crippen LogP contribution in [0.2, 0.25) is 0 Å². The van der Waals surface area contributed by atoms with E-state index in [1.54, 1.807) is 12.3 Å². The summed E-state index contributed by atoms with van der Waals surface area (Å²) in [4.78, 5) is 33.1. The van der Waals surface area contributed by atoms with Gasteiger partial charge in [-0.25, -0.2) is 14.4 Å². The van der Waals surface area contributed by atoms with Crippen LogP contribution >= 0.6 is 34.9 Å². The van der Waals surface area contributed by atoms with E-state index in [0.717, 1.165) is 19.6 Å². The third-order valence-electron chi connectivity index (χ3n) is 4.10. The monoisotopic (exact) mass is 484 g/mol. The van der Waals surface area contributed by atoms with Gasteiger partial charge in [-0.2, -0.15) is 0 Å². The lowest BCUT2D eigenvalue weighted by Gasteiger charge is -2.04. The Morgan fingerprint density at radius 2 is 1.62 bits per heavy atom. The van der Waals surface area contributed by atoms with Crippen molar-refractivity contribution in [1.82, 2.24) is 9.97 Å². The minimum Gasteiger partial charge on any atom is -0.325 e. The SMILES string of the molecule is O=C(CSc1ccccn1)Nc1ccc2nc(SCC(=O)Nc3ccc(F)cc3)sc2c1. The average molecular weight is 485 g/mol. The number of fused-ring (bicyclic) bond motifs is 1. The van der Waals surface area contributed by atoms with Gasteiger partial charge in [-0.15, -0.1) is 11.3 Å². The number of carbonyl (C=O) groups is 2. The topological polar surface area (TPSA) is 84.0 Å². The average Bonchev–Trinajstić information content (AvgIpc) is 3.21. The zero-order valence-corrected chi connectivity index (χ0v) is 19.0. The maximum absolute atomic E-state index is 13.0. The number of benzene rings is 2. The lowest BCUT2D eigenvalue weighted by Crippen LogP contribution is -2.13. The summed E-state index contributed by atoms with van der Waals surface area (Å²) in [5.41, 5.74) is 2.04. The molecule has 0 radical (unpaired) electrons. The van der Waals surface area contributed by atoms with Gasteiger partial charge in [-0.1, -0.05) is 29.6 Å². The zero-order valence-electron chi connectivity index (χ0n) is 16.6. The van der Waals surface area contributed by atoms with E-state index in [-0.39, 0.29) is 29.1 Å². The second-order valence-corrected chi connectivity index (χ2v) is 9.76. The molecule has 4 aromatic rings. The van der Waals surface area contributed by atoms with Crippen LogP contribution in [0.5, 0.6) is 0 Å². The maximum Gasteiger partial charge on any atom is 0.234 e. The summed E-state index contributed by atoms with van der Waals surface area (Å²) in [6, 6.07) is 16.7. The third-order valence-corrected chi connectivity index (χ3v) is 7.20. The largest absolute Gasteiger partial charge is 0.325 e. The molecule has 32 heavy (non-hydrogen) atoms. The van der Waals surface area contributed by atoms with Crippen LogP contribution in [0.4, 0.5) is 15.8 Å². The summed E-state index contributed by atoms with van der Waals surface area (Å²) < 4.78 is 14.6. The Morgan fingerprint density at radius 1 is 0.906 bits per heavy atom. The van der Waals surface area contributed by atoms with Gasteiger partial charge in [0.05, 0.1) is 26.7 Å². The number of carbonyl (C=O) groups excluding carboxylic acids is 2. The first kappa shape index (κ1) is 22.3. The first-order chi connectivity index (χ1) is 15.5. The van der Waals surface area contributed by atoms with E-state index in [4.69, 9.17) is 0 Å². The van der Waals surface area contributed by atoms with E-state index < -0.39 is 0 Å². The van der Waals surface area contributed by atoms with Crippen LogP contribution in [-0.4, -0.2) is 33.3 Å². The van der Waals surface area contributed by atoms with Gasteiger partial charge in [0, 0.05) is 17.6 Å². The smallest absolute Gasteiger partial charge is 0.234 e. The van der Waals surface area contributed by atoms with E-state index in [9.17, 15) is 14.0 Å². The van der Waals surface area contributed by atoms with Gasteiger partial charge in [0.15, 0.2) is 4.34 Å². The predicted molar refractivity (Wildman–Crippen MR) is 129 cm³/mol. The Balaban J connectivity index is 1.30. The molecule has 0 spiro atoms. The van der Waals surface area contributed by atoms with Crippen LogP contribution < -0.4 is 10.6 Å². The third kappa shape index (κ3) is 6.28. The minimum atomic E-state index is -0.352. The van der Waals surface area contributed by atoms with Crippen LogP contribution in [0.1, 0.15) is 0 Å². The number of hydrogen-bond donors (Lipinski definition) is 2. The molecule has 0 bridgehead atoms. The van der Waals surface area contributed by atoms with E-state index in [2.05, 4.69) is 20.6 Å². The van der Waals surface area contributed by atoms with Crippen molar-refractivity contribution in [3.05, 3.63) is 72.7 Å². The van der Waals surface area contributed by atoms with Gasteiger partial charge >= 0.3 is 0 Å². The number of nitrogens with zero attached hydrogens (tertiary/aromatic N) is 2. The van der Waals surface area contributed by atoms with Gasteiger partial charge in [-0.3, -0.25) is 9.59 Å². The number of nitrogens with one attached hydrogen (secondary N) is 2. The molecule has 0 atom stereocenters. The summed E-state index contributed by atoms with van der Waals surface area (Å²) in [6.45, 7) is 0. The number of thioether (sulfide) groups is 2. The number of anilines is 2. The molecule has 10 heteroatoms. The van der Waals surface area contributed by atoms with Crippen molar-refractivity contribution in [2.24, 2.45) is 0 Å². The van der Waals surface area contributed by atoms with E-state index >= 15 is 0 Å². The molecule has 162 valence electrons. The van der Waals surface area contributed by atoms with E-state index in [0.29, 0.717) is 11.4 Å². The molecule has 0 aliphatic carbocycles. The second kappa shape index (κ2) is 10.6. The quantitative estimate of drug-likeness (QED) is 0.331. The minimum absolute atomic E-state index is 0.114. The first-order valence-corrected chi connectivity index (χ1v) is 12.3. The normalized spacial score (nSPS) is 10.8. The summed E-state index contributed by atoms with van der Waals surface area (Å²) in [6.07, 6.45) is 1.69. The van der Waals surface area contributed by atoms with Crippen molar-refractivity contribution in [3.63, 3.8) is 0 Å². The van der Waals surface area contributed by atoms with Gasteiger partial charge in [0.2, 0.25) is 11.8 Å². The molecule has 0 aliphatic heterocycles. The molecule has 0 fully saturated rings. The van der Waals surface area contributed by atoms with Crippen LogP contribution in [0.15, 0.2) is 76.2 Å². The maximum atomic E-state index is 13.0. The van der Waals surface area contributed by atoms with Crippen molar-refractivity contribution < 1.29 is 14.0 Å². The first-order valence-electron chi connectivity index (χ1n) is 9.48. The standard InChI is InChI=1S/C22H17FN4O2S3/c23-14-4-6-15(7-5-14)25-20(29)13-31-22-27-17-9-8-16(11-18(17)32-22)26-19(28)12-30-21-3-1-2-10-24-21/h1-11H,12-13H2,(H,25,29)(H,26,28). The Morgan fingerprint density at radius 3 is 2.38 bits per heavy atom. The number of amides is 2. The molecule has 0 unspecified atom stereocenters. The molecule has 4 rings (SSSR count). The Hall–Kier alpha value is -2.95. The predicted octanol–water partition coefficient (Wildman–Crippen LogP) is 5.29. The molecule has 2 heterocycles. The number of pyridine rings is 1. The van der Waals surface area contributed by atoms with Gasteiger partial charge in [0.1, 0.15) is 5.82 Å². The van der Waals surface area contributed by atoms with E-state index in [1.807, 2.05) is 30.3 Å². The van der Waals surface area contributed by atoms with E-state index in [1.165, 1.54) is 59.1 Å². The van der Waals surface area contributed by atoms with Gasteiger partial charge < -0.3 is 10.6 Å². The lowest BCUT2D eigenvalue weighted by molar-refractivity contribution is -0.114. The number of thiazole rings is 1. The van der Waals surface area contributed by atoms with Crippen LogP contribution in [0, 0.1) is 5.82 Å². The molecule has 0 aliphatic rings. The van der Waals surface area contributed by atoms with Gasteiger partial charge in [-0.05, 0) is 54.6 Å². The highest BCUT2D eigenvalue weighted by Crippen LogP contribution is 2.31.